The Kier molecular flexibility index (Phi) is 84.0. The average molecular weight is 1500 g/mol. The minimum absolute atomic E-state index is 0. The number of thioether (sulfide) groups is 5. The normalized spacial score (nSPS) is 10.9. The molecular weight excluding hydrogens is 1360 g/mol. The predicted octanol–water partition coefficient (Wildman–Crippen LogP) is 11.8. The van der Waals surface area contributed by atoms with Crippen molar-refractivity contribution in [2.75, 3.05) is 209 Å². The molecule has 0 fully saturated rings. The molecule has 0 unspecified atom stereocenters. The van der Waals surface area contributed by atoms with Gasteiger partial charge in [-0.05, 0) is 120 Å². The fraction of sp³-hybridized carbons (Fsp3) is 0.863. The lowest BCUT2D eigenvalue weighted by Crippen LogP contribution is -2.34. The summed E-state index contributed by atoms with van der Waals surface area (Å²) in [4.78, 5) is 128. The Morgan fingerprint density at radius 1 is 0.263 bits per heavy atom. The highest BCUT2D eigenvalue weighted by Gasteiger charge is 2.16. The van der Waals surface area contributed by atoms with Gasteiger partial charge in [-0.2, -0.15) is 58.8 Å². The van der Waals surface area contributed by atoms with Gasteiger partial charge in [-0.3, -0.25) is 47.9 Å². The van der Waals surface area contributed by atoms with Crippen molar-refractivity contribution < 1.29 is 71.6 Å². The van der Waals surface area contributed by atoms with Crippen molar-refractivity contribution >= 4 is 118 Å². The van der Waals surface area contributed by atoms with E-state index in [0.29, 0.717) is 167 Å². The van der Waals surface area contributed by atoms with Crippen LogP contribution >= 0.6 is 58.8 Å². The highest BCUT2D eigenvalue weighted by molar-refractivity contribution is 8.00. The SMILES string of the molecule is C.CCN(C)CCSCCN(CC)CC.CCOC(=O)CCN(CCCCSCCC(=O)CC)CCC(=O)OCC.CCOC(=O)CCN(CCCN(CCC(C)=O)CCC(=O)OCC)CCSCCC(=O)CC.CCOC(=O)CCN(CCSCCC(C)=O)CCSCCC(=O)CC. The Balaban J connectivity index is -0.000000409. The summed E-state index contributed by atoms with van der Waals surface area (Å²) < 4.78 is 25.0. The fourth-order valence-corrected chi connectivity index (χ4v) is 13.6. The molecule has 21 nitrogen and oxygen atoms in total. The highest BCUT2D eigenvalue weighted by Crippen LogP contribution is 2.13. The molecule has 99 heavy (non-hydrogen) atoms. The molecule has 0 heterocycles. The van der Waals surface area contributed by atoms with E-state index in [1.54, 1.807) is 76.8 Å². The predicted molar refractivity (Wildman–Crippen MR) is 421 cm³/mol. The molecule has 0 aromatic carbocycles. The third-order valence-corrected chi connectivity index (χ3v) is 20.0. The van der Waals surface area contributed by atoms with E-state index in [2.05, 4.69) is 69.0 Å². The van der Waals surface area contributed by atoms with Crippen molar-refractivity contribution in [2.45, 2.75) is 200 Å². The van der Waals surface area contributed by atoms with Gasteiger partial charge in [0.05, 0.1) is 65.1 Å². The zero-order chi connectivity index (χ0) is 74.2. The molecule has 0 rings (SSSR count). The van der Waals surface area contributed by atoms with Crippen LogP contribution in [0.15, 0.2) is 0 Å². The maximum absolute atomic E-state index is 11.8. The van der Waals surface area contributed by atoms with Crippen LogP contribution in [0.1, 0.15) is 200 Å². The van der Waals surface area contributed by atoms with Gasteiger partial charge in [-0.25, -0.2) is 0 Å². The molecule has 0 bridgehead atoms. The molecule has 0 aliphatic rings. The van der Waals surface area contributed by atoms with Crippen LogP contribution in [0.2, 0.25) is 0 Å². The summed E-state index contributed by atoms with van der Waals surface area (Å²) in [7, 11) is 2.19. The summed E-state index contributed by atoms with van der Waals surface area (Å²) in [6.45, 7) is 41.2. The van der Waals surface area contributed by atoms with E-state index in [4.69, 9.17) is 23.7 Å². The number of unbranched alkanes of at least 4 members (excludes halogenated alkanes) is 1. The number of Topliss-reactive ketones (excluding diaryl/α,β-unsaturated/α-hetero) is 5. The molecule has 0 amide bonds. The molecule has 0 atom stereocenters. The van der Waals surface area contributed by atoms with Crippen molar-refractivity contribution in [1.29, 1.82) is 0 Å². The molecule has 0 saturated carbocycles. The topological polar surface area (TPSA) is 236 Å². The minimum Gasteiger partial charge on any atom is -0.466 e. The number of carbonyl (C=O) groups excluding carboxylic acids is 10. The Morgan fingerprint density at radius 2 is 0.525 bits per heavy atom. The fourth-order valence-electron chi connectivity index (χ4n) is 8.63. The number of hydrogen-bond donors (Lipinski definition) is 0. The zero-order valence-corrected chi connectivity index (χ0v) is 67.9. The summed E-state index contributed by atoms with van der Waals surface area (Å²) in [5.74, 6) is 10.1. The molecule has 0 spiro atoms. The lowest BCUT2D eigenvalue weighted by atomic mass is 10.2. The monoisotopic (exact) mass is 1500 g/mol. The van der Waals surface area contributed by atoms with E-state index in [1.165, 1.54) is 37.7 Å². The van der Waals surface area contributed by atoms with Crippen LogP contribution in [0.3, 0.4) is 0 Å². The first-order valence-electron chi connectivity index (χ1n) is 36.6. The molecule has 0 aliphatic heterocycles. The number of rotatable bonds is 65. The second kappa shape index (κ2) is 79.3. The van der Waals surface area contributed by atoms with E-state index < -0.39 is 0 Å². The lowest BCUT2D eigenvalue weighted by Gasteiger charge is -2.25. The van der Waals surface area contributed by atoms with Crippen LogP contribution in [0.5, 0.6) is 0 Å². The van der Waals surface area contributed by atoms with Gasteiger partial charge in [0, 0.05) is 175 Å². The van der Waals surface area contributed by atoms with Crippen LogP contribution in [0.25, 0.3) is 0 Å². The second-order valence-electron chi connectivity index (χ2n) is 23.0. The van der Waals surface area contributed by atoms with E-state index >= 15 is 0 Å². The van der Waals surface area contributed by atoms with Gasteiger partial charge in [0.25, 0.3) is 0 Å². The molecule has 0 saturated heterocycles. The van der Waals surface area contributed by atoms with Crippen LogP contribution in [0, 0.1) is 0 Å². The first kappa shape index (κ1) is 105. The molecule has 0 aromatic rings. The Bertz CT molecular complexity index is 1980. The van der Waals surface area contributed by atoms with Gasteiger partial charge in [-0.15, -0.1) is 0 Å². The van der Waals surface area contributed by atoms with E-state index in [0.717, 1.165) is 111 Å². The molecule has 0 aliphatic carbocycles. The Labute approximate surface area is 623 Å². The number of ketones is 5. The Morgan fingerprint density at radius 3 is 0.828 bits per heavy atom. The summed E-state index contributed by atoms with van der Waals surface area (Å²) in [5, 5.41) is 0. The summed E-state index contributed by atoms with van der Waals surface area (Å²) in [5.41, 5.74) is 0. The molecule has 584 valence electrons. The first-order valence-corrected chi connectivity index (χ1v) is 42.4. The van der Waals surface area contributed by atoms with Gasteiger partial charge in [0.2, 0.25) is 0 Å². The Hall–Kier alpha value is -2.79. The molecular formula is C73H142N6O15S5. The first-order chi connectivity index (χ1) is 47.1. The van der Waals surface area contributed by atoms with Crippen molar-refractivity contribution in [3.8, 4) is 0 Å². The van der Waals surface area contributed by atoms with Crippen LogP contribution in [-0.2, 0) is 71.6 Å². The van der Waals surface area contributed by atoms with E-state index in [-0.39, 0.29) is 54.6 Å². The standard InChI is InChI=1S/C24H44N2O6S.C19H35NO5S.C18H33NO4S2.C11H26N2S.CH4/c1-5-22(28)12-19-33-20-18-26(17-11-24(30)32-7-3)14-8-13-25(15-9-21(4)27)16-10-23(29)31-6-2;1-4-17(21)11-16-26-15-8-7-12-20(13-9-18(22)24-5-2)14-10-19(23)25-6-3;1-4-17(21)8-13-25-15-11-19(9-6-18(22)23-5-2)10-14-24-12-7-16(3)20;1-5-12(4)8-10-14-11-9-13(6-2)7-3;/h5-20H2,1-4H3;4-16H2,1-3H3;4-15H2,1-3H3;5-11H2,1-4H3;1H4. The number of carbonyl (C=O) groups is 10. The highest BCUT2D eigenvalue weighted by atomic mass is 32.2. The maximum Gasteiger partial charge on any atom is 0.307 e. The smallest absolute Gasteiger partial charge is 0.307 e. The maximum atomic E-state index is 11.8. The number of esters is 5. The number of hydrogen-bond acceptors (Lipinski definition) is 26. The van der Waals surface area contributed by atoms with Crippen molar-refractivity contribution in [2.24, 2.45) is 0 Å². The van der Waals surface area contributed by atoms with Crippen LogP contribution in [0.4, 0.5) is 0 Å². The van der Waals surface area contributed by atoms with Crippen LogP contribution in [-0.4, -0.2) is 297 Å². The van der Waals surface area contributed by atoms with Gasteiger partial charge in [-0.1, -0.05) is 49.0 Å². The summed E-state index contributed by atoms with van der Waals surface area (Å²) >= 11 is 9.20. The molecule has 26 heteroatoms. The van der Waals surface area contributed by atoms with Gasteiger partial charge in [0.15, 0.2) is 0 Å². The molecule has 0 aromatic heterocycles. The zero-order valence-electron chi connectivity index (χ0n) is 63.8. The van der Waals surface area contributed by atoms with Crippen molar-refractivity contribution in [1.82, 2.24) is 29.4 Å². The van der Waals surface area contributed by atoms with E-state index in [9.17, 15) is 47.9 Å². The second-order valence-corrected chi connectivity index (χ2v) is 29.1. The minimum atomic E-state index is -0.222. The van der Waals surface area contributed by atoms with Gasteiger partial charge < -0.3 is 53.1 Å². The largest absolute Gasteiger partial charge is 0.466 e. The summed E-state index contributed by atoms with van der Waals surface area (Å²) in [6, 6.07) is 0. The quantitative estimate of drug-likeness (QED) is 0.0312. The summed E-state index contributed by atoms with van der Waals surface area (Å²) in [6.07, 6.45) is 9.48. The lowest BCUT2D eigenvalue weighted by molar-refractivity contribution is -0.145. The molecule has 0 radical (unpaired) electrons. The van der Waals surface area contributed by atoms with Crippen molar-refractivity contribution in [3.05, 3.63) is 0 Å². The molecule has 0 N–H and O–H groups in total. The van der Waals surface area contributed by atoms with E-state index in [1.807, 2.05) is 39.5 Å². The van der Waals surface area contributed by atoms with Crippen molar-refractivity contribution in [3.63, 3.8) is 0 Å². The number of ether oxygens (including phenoxy) is 5. The van der Waals surface area contributed by atoms with Gasteiger partial charge in [0.1, 0.15) is 28.9 Å². The number of nitrogens with zero attached hydrogens (tertiary/aromatic N) is 6. The van der Waals surface area contributed by atoms with Crippen LogP contribution < -0.4 is 0 Å². The average Bonchev–Trinajstić information content (AvgIpc) is 1.54. The third-order valence-electron chi connectivity index (χ3n) is 15.0. The third kappa shape index (κ3) is 79.2. The van der Waals surface area contributed by atoms with Gasteiger partial charge >= 0.3 is 29.8 Å².